The van der Waals surface area contributed by atoms with E-state index >= 15 is 0 Å². The molecular formula is C23H26N4O4. The van der Waals surface area contributed by atoms with Gasteiger partial charge in [0.25, 0.3) is 5.91 Å². The molecule has 2 N–H and O–H groups in total. The molecule has 0 aliphatic carbocycles. The SMILES string of the molecule is COc1cccc(-c2cc(C(=O)NCCc3cnc[nH]3)c3c(c2)N(C)CCO3)c1OC. The summed E-state index contributed by atoms with van der Waals surface area (Å²) in [6.45, 7) is 1.75. The number of carbonyl (C=O) groups excluding carboxylic acids is 1. The normalized spacial score (nSPS) is 12.7. The first kappa shape index (κ1) is 20.6. The number of imidazole rings is 1. The van der Waals surface area contributed by atoms with Crippen molar-refractivity contribution in [3.8, 4) is 28.4 Å². The van der Waals surface area contributed by atoms with Gasteiger partial charge >= 0.3 is 0 Å². The van der Waals surface area contributed by atoms with Crippen LogP contribution in [0.15, 0.2) is 42.9 Å². The average Bonchev–Trinajstić information content (AvgIpc) is 3.31. The van der Waals surface area contributed by atoms with Crippen LogP contribution in [0.4, 0.5) is 5.69 Å². The Hall–Kier alpha value is -3.68. The molecule has 0 fully saturated rings. The van der Waals surface area contributed by atoms with Crippen molar-refractivity contribution in [2.45, 2.75) is 6.42 Å². The van der Waals surface area contributed by atoms with E-state index in [2.05, 4.69) is 20.2 Å². The van der Waals surface area contributed by atoms with Gasteiger partial charge in [0.05, 0.1) is 38.3 Å². The third-order valence-corrected chi connectivity index (χ3v) is 5.35. The number of hydrogen-bond acceptors (Lipinski definition) is 6. The number of hydrogen-bond donors (Lipinski definition) is 2. The van der Waals surface area contributed by atoms with Crippen molar-refractivity contribution in [2.24, 2.45) is 0 Å². The van der Waals surface area contributed by atoms with E-state index in [0.717, 1.165) is 29.1 Å². The molecule has 1 aliphatic heterocycles. The fourth-order valence-corrected chi connectivity index (χ4v) is 3.72. The number of H-pyrrole nitrogens is 1. The molecule has 4 rings (SSSR count). The lowest BCUT2D eigenvalue weighted by Gasteiger charge is -2.30. The largest absolute Gasteiger partial charge is 0.493 e. The van der Waals surface area contributed by atoms with Crippen LogP contribution in [-0.2, 0) is 6.42 Å². The number of fused-ring (bicyclic) bond motifs is 1. The minimum absolute atomic E-state index is 0.185. The summed E-state index contributed by atoms with van der Waals surface area (Å²) in [6.07, 6.45) is 4.04. The third kappa shape index (κ3) is 4.14. The average molecular weight is 422 g/mol. The highest BCUT2D eigenvalue weighted by atomic mass is 16.5. The van der Waals surface area contributed by atoms with Crippen molar-refractivity contribution < 1.29 is 19.0 Å². The van der Waals surface area contributed by atoms with E-state index < -0.39 is 0 Å². The maximum absolute atomic E-state index is 13.1. The first-order chi connectivity index (χ1) is 15.1. The molecule has 3 aromatic rings. The second-order valence-corrected chi connectivity index (χ2v) is 7.27. The first-order valence-corrected chi connectivity index (χ1v) is 10.1. The van der Waals surface area contributed by atoms with E-state index in [1.807, 2.05) is 37.4 Å². The van der Waals surface area contributed by atoms with Crippen LogP contribution in [0.2, 0.25) is 0 Å². The van der Waals surface area contributed by atoms with Crippen LogP contribution in [0.25, 0.3) is 11.1 Å². The summed E-state index contributed by atoms with van der Waals surface area (Å²) in [5.41, 5.74) is 4.02. The third-order valence-electron chi connectivity index (χ3n) is 5.35. The molecule has 0 spiro atoms. The van der Waals surface area contributed by atoms with Gasteiger partial charge in [-0.25, -0.2) is 4.98 Å². The minimum Gasteiger partial charge on any atom is -0.493 e. The van der Waals surface area contributed by atoms with Crippen molar-refractivity contribution in [1.29, 1.82) is 0 Å². The summed E-state index contributed by atoms with van der Waals surface area (Å²) < 4.78 is 17.0. The van der Waals surface area contributed by atoms with Gasteiger partial charge in [0.2, 0.25) is 0 Å². The maximum Gasteiger partial charge on any atom is 0.255 e. The second-order valence-electron chi connectivity index (χ2n) is 7.27. The number of nitrogens with one attached hydrogen (secondary N) is 2. The van der Waals surface area contributed by atoms with Gasteiger partial charge in [0, 0.05) is 37.5 Å². The zero-order valence-electron chi connectivity index (χ0n) is 17.9. The highest BCUT2D eigenvalue weighted by Crippen LogP contribution is 2.43. The van der Waals surface area contributed by atoms with Gasteiger partial charge in [-0.15, -0.1) is 0 Å². The van der Waals surface area contributed by atoms with Crippen molar-refractivity contribution in [3.05, 3.63) is 54.1 Å². The Bertz CT molecular complexity index is 1070. The predicted octanol–water partition coefficient (Wildman–Crippen LogP) is 2.90. The Morgan fingerprint density at radius 2 is 2.16 bits per heavy atom. The molecular weight excluding hydrogens is 396 g/mol. The maximum atomic E-state index is 13.1. The van der Waals surface area contributed by atoms with Gasteiger partial charge in [0.15, 0.2) is 17.2 Å². The standard InChI is InChI=1S/C23H26N4O4/c1-27-9-10-31-21-18(23(28)25-8-7-16-13-24-14-26-16)11-15(12-19(21)27)17-5-4-6-20(29-2)22(17)30-3/h4-6,11-14H,7-10H2,1-3H3,(H,24,26)(H,25,28). The lowest BCUT2D eigenvalue weighted by molar-refractivity contribution is 0.0950. The molecule has 31 heavy (non-hydrogen) atoms. The van der Waals surface area contributed by atoms with Gasteiger partial charge in [-0.05, 0) is 23.8 Å². The minimum atomic E-state index is -0.185. The molecule has 0 atom stereocenters. The number of methoxy groups -OCH3 is 2. The van der Waals surface area contributed by atoms with E-state index in [1.165, 1.54) is 0 Å². The zero-order chi connectivity index (χ0) is 21.8. The Labute approximate surface area is 181 Å². The molecule has 0 bridgehead atoms. The van der Waals surface area contributed by atoms with Crippen molar-refractivity contribution in [3.63, 3.8) is 0 Å². The van der Waals surface area contributed by atoms with Crippen LogP contribution in [0, 0.1) is 0 Å². The van der Waals surface area contributed by atoms with E-state index in [1.54, 1.807) is 26.7 Å². The van der Waals surface area contributed by atoms with Crippen LogP contribution in [-0.4, -0.2) is 56.8 Å². The fourth-order valence-electron chi connectivity index (χ4n) is 3.72. The molecule has 0 saturated carbocycles. The molecule has 8 nitrogen and oxygen atoms in total. The Morgan fingerprint density at radius 3 is 2.90 bits per heavy atom. The van der Waals surface area contributed by atoms with Gasteiger partial charge in [-0.1, -0.05) is 12.1 Å². The summed E-state index contributed by atoms with van der Waals surface area (Å²) in [5.74, 6) is 1.66. The number of amides is 1. The second kappa shape index (κ2) is 8.99. The molecule has 0 unspecified atom stereocenters. The number of likely N-dealkylation sites (N-methyl/N-ethyl adjacent to an activating group) is 1. The topological polar surface area (TPSA) is 88.7 Å². The van der Waals surface area contributed by atoms with Gasteiger partial charge < -0.3 is 29.4 Å². The molecule has 0 saturated heterocycles. The number of anilines is 1. The molecule has 8 heteroatoms. The van der Waals surface area contributed by atoms with Crippen LogP contribution < -0.4 is 24.4 Å². The van der Waals surface area contributed by atoms with Crippen LogP contribution in [0.1, 0.15) is 16.1 Å². The van der Waals surface area contributed by atoms with Crippen LogP contribution in [0.5, 0.6) is 17.2 Å². The molecule has 2 aromatic carbocycles. The quantitative estimate of drug-likeness (QED) is 0.609. The molecule has 0 radical (unpaired) electrons. The number of ether oxygens (including phenoxy) is 3. The molecule has 162 valence electrons. The van der Waals surface area contributed by atoms with E-state index in [-0.39, 0.29) is 5.91 Å². The number of aromatic amines is 1. The zero-order valence-corrected chi connectivity index (χ0v) is 17.9. The molecule has 2 heterocycles. The molecule has 1 amide bonds. The van der Waals surface area contributed by atoms with Crippen LogP contribution in [0.3, 0.4) is 0 Å². The van der Waals surface area contributed by atoms with E-state index in [9.17, 15) is 4.79 Å². The van der Waals surface area contributed by atoms with Crippen molar-refractivity contribution >= 4 is 11.6 Å². The lowest BCUT2D eigenvalue weighted by atomic mass is 9.98. The monoisotopic (exact) mass is 422 g/mol. The number of aromatic nitrogens is 2. The van der Waals surface area contributed by atoms with Crippen molar-refractivity contribution in [2.75, 3.05) is 45.9 Å². The number of nitrogens with zero attached hydrogens (tertiary/aromatic N) is 2. The smallest absolute Gasteiger partial charge is 0.255 e. The summed E-state index contributed by atoms with van der Waals surface area (Å²) in [4.78, 5) is 22.3. The Kier molecular flexibility index (Phi) is 5.97. The van der Waals surface area contributed by atoms with E-state index in [4.69, 9.17) is 14.2 Å². The Balaban J connectivity index is 1.71. The molecule has 1 aliphatic rings. The lowest BCUT2D eigenvalue weighted by Crippen LogP contribution is -2.32. The number of rotatable bonds is 7. The Morgan fingerprint density at radius 1 is 1.29 bits per heavy atom. The number of carbonyl (C=O) groups is 1. The highest BCUT2D eigenvalue weighted by Gasteiger charge is 2.25. The highest BCUT2D eigenvalue weighted by molar-refractivity contribution is 6.01. The summed E-state index contributed by atoms with van der Waals surface area (Å²) in [7, 11) is 5.21. The summed E-state index contributed by atoms with van der Waals surface area (Å²) in [6, 6.07) is 9.57. The number of benzene rings is 2. The molecule has 1 aromatic heterocycles. The predicted molar refractivity (Wildman–Crippen MR) is 118 cm³/mol. The fraction of sp³-hybridized carbons (Fsp3) is 0.304. The van der Waals surface area contributed by atoms with Crippen molar-refractivity contribution in [1.82, 2.24) is 15.3 Å². The van der Waals surface area contributed by atoms with Gasteiger partial charge in [0.1, 0.15) is 6.61 Å². The first-order valence-electron chi connectivity index (χ1n) is 10.1. The van der Waals surface area contributed by atoms with E-state index in [0.29, 0.717) is 42.4 Å². The number of para-hydroxylation sites is 1. The summed E-state index contributed by atoms with van der Waals surface area (Å²) >= 11 is 0. The van der Waals surface area contributed by atoms with Gasteiger partial charge in [-0.3, -0.25) is 4.79 Å². The van der Waals surface area contributed by atoms with Crippen LogP contribution >= 0.6 is 0 Å². The van der Waals surface area contributed by atoms with Gasteiger partial charge in [-0.2, -0.15) is 0 Å². The summed E-state index contributed by atoms with van der Waals surface area (Å²) in [5, 5.41) is 2.99.